The largest absolute Gasteiger partial charge is 0.481 e. The van der Waals surface area contributed by atoms with Gasteiger partial charge in [0.15, 0.2) is 11.5 Å². The average molecular weight is 526 g/mol. The lowest BCUT2D eigenvalue weighted by Gasteiger charge is -2.29. The molecule has 3 heterocycles. The Morgan fingerprint density at radius 2 is 1.97 bits per heavy atom. The number of unbranched alkanes of at least 4 members (excludes halogenated alkanes) is 2. The molecule has 0 saturated carbocycles. The number of hydrogen-bond acceptors (Lipinski definition) is 8. The molecule has 1 unspecified atom stereocenters. The van der Waals surface area contributed by atoms with Crippen molar-refractivity contribution in [3.8, 4) is 11.5 Å². The molecule has 1 aromatic heterocycles. The molecule has 1 aromatic carbocycles. The summed E-state index contributed by atoms with van der Waals surface area (Å²) in [5.74, 6) is -0.490. The minimum absolute atomic E-state index is 0.0398. The van der Waals surface area contributed by atoms with Crippen LogP contribution >= 0.6 is 0 Å². The van der Waals surface area contributed by atoms with E-state index in [0.29, 0.717) is 50.5 Å². The fraction of sp³-hybridized carbons (Fsp3) is 0.571. The highest BCUT2D eigenvalue weighted by Crippen LogP contribution is 2.43. The lowest BCUT2D eigenvalue weighted by molar-refractivity contribution is -0.143. The number of benzene rings is 1. The monoisotopic (exact) mass is 525 g/mol. The van der Waals surface area contributed by atoms with Gasteiger partial charge >= 0.3 is 5.97 Å². The molecule has 4 rings (SSSR count). The normalized spacial score (nSPS) is 20.5. The van der Waals surface area contributed by atoms with Gasteiger partial charge in [-0.2, -0.15) is 0 Å². The van der Waals surface area contributed by atoms with Gasteiger partial charge in [-0.25, -0.2) is 9.97 Å². The van der Waals surface area contributed by atoms with Crippen LogP contribution in [0.1, 0.15) is 56.2 Å². The number of amides is 1. The molecule has 3 atom stereocenters. The molecule has 0 aliphatic carbocycles. The third kappa shape index (κ3) is 6.79. The first-order chi connectivity index (χ1) is 18.5. The summed E-state index contributed by atoms with van der Waals surface area (Å²) < 4.78 is 11.0. The van der Waals surface area contributed by atoms with E-state index >= 15 is 0 Å². The van der Waals surface area contributed by atoms with Crippen molar-refractivity contribution < 1.29 is 24.2 Å². The Bertz CT molecular complexity index is 1070. The number of aryl methyl sites for hydroxylation is 1. The molecule has 2 aliphatic rings. The molecule has 1 saturated heterocycles. The Morgan fingerprint density at radius 3 is 2.71 bits per heavy atom. The number of nitrogens with zero attached hydrogens (tertiary/aromatic N) is 4. The molecule has 1 amide bonds. The van der Waals surface area contributed by atoms with Crippen LogP contribution in [0.2, 0.25) is 0 Å². The maximum absolute atomic E-state index is 13.5. The predicted molar refractivity (Wildman–Crippen MR) is 142 cm³/mol. The van der Waals surface area contributed by atoms with Crippen molar-refractivity contribution in [2.75, 3.05) is 39.5 Å². The van der Waals surface area contributed by atoms with Gasteiger partial charge in [0.25, 0.3) is 0 Å². The quantitative estimate of drug-likeness (QED) is 0.357. The highest BCUT2D eigenvalue weighted by molar-refractivity contribution is 5.79. The number of carboxylic acid groups (broad SMARTS) is 1. The van der Waals surface area contributed by atoms with Crippen molar-refractivity contribution >= 4 is 11.9 Å². The molecule has 3 N–H and O–H groups in total. The van der Waals surface area contributed by atoms with Gasteiger partial charge in [0.2, 0.25) is 12.7 Å². The van der Waals surface area contributed by atoms with Gasteiger partial charge in [0, 0.05) is 43.5 Å². The first kappa shape index (κ1) is 27.8. The molecule has 10 heteroatoms. The number of rotatable bonds is 14. The summed E-state index contributed by atoms with van der Waals surface area (Å²) in [7, 11) is 0. The molecule has 38 heavy (non-hydrogen) atoms. The predicted octanol–water partition coefficient (Wildman–Crippen LogP) is 2.67. The third-order valence-electron chi connectivity index (χ3n) is 7.55. The molecule has 0 bridgehead atoms. The Morgan fingerprint density at radius 1 is 1.16 bits per heavy atom. The van der Waals surface area contributed by atoms with Gasteiger partial charge in [-0.1, -0.05) is 19.4 Å². The van der Waals surface area contributed by atoms with Gasteiger partial charge in [-0.05, 0) is 62.4 Å². The highest BCUT2D eigenvalue weighted by atomic mass is 16.7. The van der Waals surface area contributed by atoms with E-state index in [4.69, 9.17) is 15.2 Å². The van der Waals surface area contributed by atoms with Crippen LogP contribution in [-0.4, -0.2) is 82.3 Å². The Labute approximate surface area is 224 Å². The van der Waals surface area contributed by atoms with Crippen molar-refractivity contribution in [2.24, 2.45) is 11.7 Å². The minimum atomic E-state index is -0.860. The van der Waals surface area contributed by atoms with Gasteiger partial charge in [0.05, 0.1) is 12.5 Å². The molecule has 10 nitrogen and oxygen atoms in total. The maximum Gasteiger partial charge on any atom is 0.308 e. The number of hydrogen-bond donors (Lipinski definition) is 2. The van der Waals surface area contributed by atoms with Crippen molar-refractivity contribution in [1.29, 1.82) is 0 Å². The summed E-state index contributed by atoms with van der Waals surface area (Å²) in [5.41, 5.74) is 7.42. The van der Waals surface area contributed by atoms with Gasteiger partial charge < -0.3 is 25.2 Å². The molecule has 2 aliphatic heterocycles. The van der Waals surface area contributed by atoms with E-state index in [1.54, 1.807) is 6.20 Å². The van der Waals surface area contributed by atoms with Crippen LogP contribution in [0, 0.1) is 5.92 Å². The van der Waals surface area contributed by atoms with Crippen LogP contribution < -0.4 is 15.2 Å². The molecular formula is C28H39N5O5. The second kappa shape index (κ2) is 13.5. The summed E-state index contributed by atoms with van der Waals surface area (Å²) in [6.07, 6.45) is 8.03. The number of carbonyl (C=O) groups is 2. The fourth-order valence-corrected chi connectivity index (χ4v) is 5.53. The summed E-state index contributed by atoms with van der Waals surface area (Å²) in [6.45, 7) is 4.90. The first-order valence-electron chi connectivity index (χ1n) is 13.6. The van der Waals surface area contributed by atoms with Crippen molar-refractivity contribution in [3.63, 3.8) is 0 Å². The summed E-state index contributed by atoms with van der Waals surface area (Å²) in [5, 5.41) is 10.4. The number of aliphatic carboxylic acids is 1. The average Bonchev–Trinajstić information content (AvgIpc) is 3.54. The lowest BCUT2D eigenvalue weighted by Crippen LogP contribution is -2.45. The van der Waals surface area contributed by atoms with E-state index in [2.05, 4.69) is 21.8 Å². The van der Waals surface area contributed by atoms with Gasteiger partial charge in [-0.3, -0.25) is 14.5 Å². The van der Waals surface area contributed by atoms with E-state index in [1.807, 2.05) is 29.2 Å². The number of nitrogens with two attached hydrogens (primary N) is 1. The summed E-state index contributed by atoms with van der Waals surface area (Å²) in [6, 6.07) is 7.17. The van der Waals surface area contributed by atoms with E-state index < -0.39 is 11.9 Å². The Kier molecular flexibility index (Phi) is 9.89. The topological polar surface area (TPSA) is 131 Å². The third-order valence-corrected chi connectivity index (χ3v) is 7.55. The highest BCUT2D eigenvalue weighted by Gasteiger charge is 2.47. The Balaban J connectivity index is 1.57. The zero-order chi connectivity index (χ0) is 26.9. The van der Waals surface area contributed by atoms with Crippen molar-refractivity contribution in [3.05, 3.63) is 48.0 Å². The number of likely N-dealkylation sites (tertiary alicyclic amines) is 1. The van der Waals surface area contributed by atoms with Gasteiger partial charge in [-0.15, -0.1) is 0 Å². The number of fused-ring (bicyclic) bond motifs is 1. The number of ether oxygens (including phenoxy) is 2. The van der Waals surface area contributed by atoms with E-state index in [1.165, 1.54) is 6.33 Å². The molecule has 0 spiro atoms. The van der Waals surface area contributed by atoms with E-state index in [9.17, 15) is 14.7 Å². The van der Waals surface area contributed by atoms with Crippen molar-refractivity contribution in [1.82, 2.24) is 19.8 Å². The molecule has 0 radical (unpaired) electrons. The number of carbonyl (C=O) groups excluding carboxylic acids is 1. The smallest absolute Gasteiger partial charge is 0.308 e. The van der Waals surface area contributed by atoms with Crippen LogP contribution in [0.5, 0.6) is 11.5 Å². The standard InChI is InChI=1S/C28H39N5O5/c1-2-3-13-32(14-5-4-11-29)26(34)17-33-16-22(20-6-9-24-25(15-20)38-19-37-24)27(28(35)36)23(33)8-7-21-10-12-30-18-31-21/h6,9-10,12,15,18,22-23,27H,2-5,7-8,11,13-14,16-17,19,29H2,1H3,(H,35,36)/t22-,23+,27?/m1/s1. The van der Waals surface area contributed by atoms with Crippen LogP contribution in [0.15, 0.2) is 36.8 Å². The molecule has 2 aromatic rings. The van der Waals surface area contributed by atoms with Crippen LogP contribution in [0.25, 0.3) is 0 Å². The van der Waals surface area contributed by atoms with E-state index in [-0.39, 0.29) is 31.2 Å². The maximum atomic E-state index is 13.5. The Hall–Kier alpha value is -3.24. The first-order valence-corrected chi connectivity index (χ1v) is 13.6. The van der Waals surface area contributed by atoms with Crippen LogP contribution in [-0.2, 0) is 16.0 Å². The zero-order valence-electron chi connectivity index (χ0n) is 22.1. The summed E-state index contributed by atoms with van der Waals surface area (Å²) in [4.78, 5) is 38.5. The van der Waals surface area contributed by atoms with E-state index in [0.717, 1.165) is 36.9 Å². The minimum Gasteiger partial charge on any atom is -0.481 e. The SMILES string of the molecule is CCCCN(CCCCN)C(=O)CN1C[C@H](c2ccc3c(c2)OCO3)C(C(=O)O)[C@@H]1CCc1ccncn1. The molecular weight excluding hydrogens is 486 g/mol. The second-order valence-corrected chi connectivity index (χ2v) is 10.0. The second-order valence-electron chi connectivity index (χ2n) is 10.0. The molecule has 206 valence electrons. The molecule has 1 fully saturated rings. The van der Waals surface area contributed by atoms with Crippen molar-refractivity contribution in [2.45, 2.75) is 57.4 Å². The fourth-order valence-electron chi connectivity index (χ4n) is 5.53. The number of carboxylic acids is 1. The van der Waals surface area contributed by atoms with Crippen LogP contribution in [0.4, 0.5) is 0 Å². The van der Waals surface area contributed by atoms with Gasteiger partial charge in [0.1, 0.15) is 6.33 Å². The lowest BCUT2D eigenvalue weighted by atomic mass is 9.83. The zero-order valence-corrected chi connectivity index (χ0v) is 22.1. The summed E-state index contributed by atoms with van der Waals surface area (Å²) >= 11 is 0. The number of aromatic nitrogens is 2. The van der Waals surface area contributed by atoms with Crippen LogP contribution in [0.3, 0.4) is 0 Å².